The Morgan fingerprint density at radius 3 is 2.00 bits per heavy atom. The van der Waals surface area contributed by atoms with E-state index in [-0.39, 0.29) is 5.97 Å². The van der Waals surface area contributed by atoms with Gasteiger partial charge in [0, 0.05) is 8.95 Å². The second-order valence-electron chi connectivity index (χ2n) is 5.27. The molecule has 0 unspecified atom stereocenters. The molecule has 1 aromatic carbocycles. The molecule has 0 spiro atoms. The molecule has 0 aliphatic heterocycles. The minimum Gasteiger partial charge on any atom is -0.462 e. The Labute approximate surface area is 144 Å². The maximum Gasteiger partial charge on any atom is 0.338 e. The van der Waals surface area contributed by atoms with E-state index in [1.54, 1.807) is 12.1 Å². The third kappa shape index (κ3) is 8.62. The Hall–Kier alpha value is -0.350. The van der Waals surface area contributed by atoms with Crippen molar-refractivity contribution in [2.45, 2.75) is 58.3 Å². The van der Waals surface area contributed by atoms with Crippen LogP contribution in [0.2, 0.25) is 0 Å². The van der Waals surface area contributed by atoms with Crippen molar-refractivity contribution >= 4 is 37.8 Å². The molecule has 0 saturated heterocycles. The van der Waals surface area contributed by atoms with Crippen molar-refractivity contribution < 1.29 is 9.53 Å². The monoisotopic (exact) mass is 418 g/mol. The van der Waals surface area contributed by atoms with Crippen molar-refractivity contribution in [2.24, 2.45) is 0 Å². The Morgan fingerprint density at radius 1 is 0.905 bits per heavy atom. The average Bonchev–Trinajstić information content (AvgIpc) is 2.44. The van der Waals surface area contributed by atoms with Gasteiger partial charge in [-0.3, -0.25) is 0 Å². The highest BCUT2D eigenvalue weighted by molar-refractivity contribution is 9.11. The summed E-state index contributed by atoms with van der Waals surface area (Å²) in [6, 6.07) is 5.46. The van der Waals surface area contributed by atoms with Gasteiger partial charge in [-0.15, -0.1) is 0 Å². The molecule has 0 aliphatic carbocycles. The first-order chi connectivity index (χ1) is 10.1. The summed E-state index contributed by atoms with van der Waals surface area (Å²) in [5.74, 6) is -0.250. The summed E-state index contributed by atoms with van der Waals surface area (Å²) >= 11 is 6.74. The third-order valence-corrected chi connectivity index (χ3v) is 4.24. The number of unbranched alkanes of at least 4 members (excludes halogenated alkanes) is 7. The molecule has 0 heterocycles. The molecule has 2 nitrogen and oxygen atoms in total. The highest BCUT2D eigenvalue weighted by Crippen LogP contribution is 2.20. The van der Waals surface area contributed by atoms with Crippen molar-refractivity contribution in [3.63, 3.8) is 0 Å². The number of rotatable bonds is 10. The summed E-state index contributed by atoms with van der Waals surface area (Å²) in [4.78, 5) is 11.9. The van der Waals surface area contributed by atoms with E-state index in [1.807, 2.05) is 6.07 Å². The van der Waals surface area contributed by atoms with Crippen molar-refractivity contribution in [3.05, 3.63) is 32.7 Å². The number of halogens is 2. The van der Waals surface area contributed by atoms with Crippen LogP contribution >= 0.6 is 31.9 Å². The van der Waals surface area contributed by atoms with Gasteiger partial charge in [0.15, 0.2) is 0 Å². The van der Waals surface area contributed by atoms with Crippen LogP contribution in [0.3, 0.4) is 0 Å². The highest BCUT2D eigenvalue weighted by Gasteiger charge is 2.08. The molecular formula is C17H24Br2O2. The lowest BCUT2D eigenvalue weighted by atomic mass is 10.1. The summed E-state index contributed by atoms with van der Waals surface area (Å²) < 4.78 is 7.04. The van der Waals surface area contributed by atoms with Crippen LogP contribution in [0.25, 0.3) is 0 Å². The molecule has 0 amide bonds. The summed E-state index contributed by atoms with van der Waals surface area (Å²) in [5.41, 5.74) is 0.579. The minimum absolute atomic E-state index is 0.250. The molecule has 21 heavy (non-hydrogen) atoms. The van der Waals surface area contributed by atoms with Crippen LogP contribution in [0.4, 0.5) is 0 Å². The normalized spacial score (nSPS) is 10.6. The second kappa shape index (κ2) is 11.2. The number of hydrogen-bond acceptors (Lipinski definition) is 2. The summed E-state index contributed by atoms with van der Waals surface area (Å²) in [7, 11) is 0. The molecule has 118 valence electrons. The lowest BCUT2D eigenvalue weighted by molar-refractivity contribution is 0.0497. The van der Waals surface area contributed by atoms with Gasteiger partial charge in [0.2, 0.25) is 0 Å². The third-order valence-electron chi connectivity index (χ3n) is 3.33. The molecule has 0 fully saturated rings. The van der Waals surface area contributed by atoms with Crippen LogP contribution < -0.4 is 0 Å². The lowest BCUT2D eigenvalue weighted by Gasteiger charge is -2.06. The first kappa shape index (κ1) is 18.7. The number of ether oxygens (including phenoxy) is 1. The number of esters is 1. The fraction of sp³-hybridized carbons (Fsp3) is 0.588. The molecule has 0 N–H and O–H groups in total. The van der Waals surface area contributed by atoms with Gasteiger partial charge < -0.3 is 4.74 Å². The lowest BCUT2D eigenvalue weighted by Crippen LogP contribution is -2.06. The molecule has 0 radical (unpaired) electrons. The molecule has 4 heteroatoms. The summed E-state index contributed by atoms with van der Waals surface area (Å²) in [6.45, 7) is 2.75. The highest BCUT2D eigenvalue weighted by atomic mass is 79.9. The van der Waals surface area contributed by atoms with E-state index in [0.717, 1.165) is 21.8 Å². The van der Waals surface area contributed by atoms with Crippen molar-refractivity contribution in [1.82, 2.24) is 0 Å². The van der Waals surface area contributed by atoms with Crippen LogP contribution in [-0.4, -0.2) is 12.6 Å². The summed E-state index contributed by atoms with van der Waals surface area (Å²) in [5, 5.41) is 0. The van der Waals surface area contributed by atoms with Gasteiger partial charge in [0.05, 0.1) is 12.2 Å². The van der Waals surface area contributed by atoms with Crippen molar-refractivity contribution in [1.29, 1.82) is 0 Å². The van der Waals surface area contributed by atoms with E-state index in [4.69, 9.17) is 4.74 Å². The zero-order chi connectivity index (χ0) is 15.5. The largest absolute Gasteiger partial charge is 0.462 e. The first-order valence-electron chi connectivity index (χ1n) is 7.76. The molecular weight excluding hydrogens is 396 g/mol. The second-order valence-corrected chi connectivity index (χ2v) is 7.10. The Morgan fingerprint density at radius 2 is 1.43 bits per heavy atom. The summed E-state index contributed by atoms with van der Waals surface area (Å²) in [6.07, 6.45) is 9.96. The fourth-order valence-electron chi connectivity index (χ4n) is 2.16. The van der Waals surface area contributed by atoms with Gasteiger partial charge in [-0.1, -0.05) is 83.7 Å². The van der Waals surface area contributed by atoms with E-state index in [9.17, 15) is 4.79 Å². The zero-order valence-electron chi connectivity index (χ0n) is 12.7. The number of benzene rings is 1. The van der Waals surface area contributed by atoms with Gasteiger partial charge >= 0.3 is 5.97 Å². The average molecular weight is 420 g/mol. The Balaban J connectivity index is 2.11. The topological polar surface area (TPSA) is 26.3 Å². The van der Waals surface area contributed by atoms with E-state index in [2.05, 4.69) is 38.8 Å². The van der Waals surface area contributed by atoms with Crippen molar-refractivity contribution in [3.8, 4) is 0 Å². The maximum atomic E-state index is 11.9. The standard InChI is InChI=1S/C17H24Br2O2/c1-2-3-4-5-6-7-8-9-10-21-17(20)14-11-15(18)13-16(19)12-14/h11-13H,2-10H2,1H3. The predicted octanol–water partition coefficient (Wildman–Crippen LogP) is 6.51. The van der Waals surface area contributed by atoms with Crippen molar-refractivity contribution in [2.75, 3.05) is 6.61 Å². The van der Waals surface area contributed by atoms with E-state index in [0.29, 0.717) is 12.2 Å². The van der Waals surface area contributed by atoms with Crippen LogP contribution in [0.15, 0.2) is 27.1 Å². The molecule has 1 aromatic rings. The molecule has 0 aliphatic rings. The number of carbonyl (C=O) groups is 1. The Kier molecular flexibility index (Phi) is 10.0. The SMILES string of the molecule is CCCCCCCCCCOC(=O)c1cc(Br)cc(Br)c1. The molecule has 0 saturated carbocycles. The van der Waals surface area contributed by atoms with Gasteiger partial charge in [-0.2, -0.15) is 0 Å². The molecule has 0 atom stereocenters. The van der Waals surface area contributed by atoms with Crippen LogP contribution in [0, 0.1) is 0 Å². The Bertz CT molecular complexity index is 413. The van der Waals surface area contributed by atoms with Gasteiger partial charge in [0.1, 0.15) is 0 Å². The minimum atomic E-state index is -0.250. The van der Waals surface area contributed by atoms with Crippen LogP contribution in [0.5, 0.6) is 0 Å². The fourth-order valence-corrected chi connectivity index (χ4v) is 3.45. The molecule has 0 bridgehead atoms. The van der Waals surface area contributed by atoms with Gasteiger partial charge in [-0.25, -0.2) is 4.79 Å². The maximum absolute atomic E-state index is 11.9. The number of hydrogen-bond donors (Lipinski definition) is 0. The van der Waals surface area contributed by atoms with E-state index >= 15 is 0 Å². The van der Waals surface area contributed by atoms with Gasteiger partial charge in [0.25, 0.3) is 0 Å². The first-order valence-corrected chi connectivity index (χ1v) is 9.35. The van der Waals surface area contributed by atoms with E-state index < -0.39 is 0 Å². The molecule has 0 aromatic heterocycles. The molecule has 1 rings (SSSR count). The quantitative estimate of drug-likeness (QED) is 0.319. The predicted molar refractivity (Wildman–Crippen MR) is 94.7 cm³/mol. The zero-order valence-corrected chi connectivity index (χ0v) is 15.8. The smallest absolute Gasteiger partial charge is 0.338 e. The van der Waals surface area contributed by atoms with E-state index in [1.165, 1.54) is 38.5 Å². The number of carbonyl (C=O) groups excluding carboxylic acids is 1. The van der Waals surface area contributed by atoms with Crippen LogP contribution in [-0.2, 0) is 4.74 Å². The van der Waals surface area contributed by atoms with Gasteiger partial charge in [-0.05, 0) is 24.6 Å². The van der Waals surface area contributed by atoms with Crippen LogP contribution in [0.1, 0.15) is 68.6 Å².